The molecule has 3 rings (SSSR count). The number of benzene rings is 2. The Bertz CT molecular complexity index is 973. The summed E-state index contributed by atoms with van der Waals surface area (Å²) in [5.74, 6) is 2.05. The number of nitrogens with one attached hydrogen (secondary N) is 1. The molecule has 0 spiro atoms. The predicted octanol–water partition coefficient (Wildman–Crippen LogP) is 7.21. The van der Waals surface area contributed by atoms with E-state index in [9.17, 15) is 4.79 Å². The molecule has 0 saturated carbocycles. The fourth-order valence-corrected chi connectivity index (χ4v) is 3.72. The smallest absolute Gasteiger partial charge is 0.287 e. The molecule has 4 heteroatoms. The van der Waals surface area contributed by atoms with Crippen LogP contribution in [0.3, 0.4) is 0 Å². The second-order valence-corrected chi connectivity index (χ2v) is 8.36. The summed E-state index contributed by atoms with van der Waals surface area (Å²) in [7, 11) is 0. The summed E-state index contributed by atoms with van der Waals surface area (Å²) in [6.07, 6.45) is 4.11. The summed E-state index contributed by atoms with van der Waals surface area (Å²) in [5, 5.41) is 3.09. The number of amides is 1. The van der Waals surface area contributed by atoms with E-state index >= 15 is 0 Å². The zero-order chi connectivity index (χ0) is 22.9. The van der Waals surface area contributed by atoms with E-state index in [4.69, 9.17) is 9.15 Å². The zero-order valence-corrected chi connectivity index (χ0v) is 19.7. The molecule has 2 unspecified atom stereocenters. The van der Waals surface area contributed by atoms with E-state index in [1.54, 1.807) is 12.1 Å². The zero-order valence-electron chi connectivity index (χ0n) is 19.7. The Labute approximate surface area is 192 Å². The lowest BCUT2D eigenvalue weighted by Crippen LogP contribution is -2.27. The van der Waals surface area contributed by atoms with Gasteiger partial charge < -0.3 is 14.5 Å². The molecular weight excluding hydrogens is 398 g/mol. The minimum Gasteiger partial charge on any atom is -0.486 e. The van der Waals surface area contributed by atoms with Gasteiger partial charge in [-0.25, -0.2) is 0 Å². The molecule has 0 aliphatic rings. The molecule has 2 atom stereocenters. The number of hydrogen-bond acceptors (Lipinski definition) is 3. The fourth-order valence-electron chi connectivity index (χ4n) is 3.72. The highest BCUT2D eigenvalue weighted by molar-refractivity contribution is 5.91. The number of aryl methyl sites for hydroxylation is 1. The van der Waals surface area contributed by atoms with Crippen LogP contribution in [0.4, 0.5) is 0 Å². The van der Waals surface area contributed by atoms with Crippen molar-refractivity contribution in [2.24, 2.45) is 0 Å². The number of rotatable bonds is 11. The van der Waals surface area contributed by atoms with Crippen molar-refractivity contribution < 1.29 is 13.9 Å². The van der Waals surface area contributed by atoms with Crippen molar-refractivity contribution in [2.45, 2.75) is 71.9 Å². The Morgan fingerprint density at radius 2 is 1.59 bits per heavy atom. The molecule has 0 fully saturated rings. The Hall–Kier alpha value is -3.01. The first-order valence-corrected chi connectivity index (χ1v) is 11.7. The van der Waals surface area contributed by atoms with Crippen LogP contribution in [0, 0.1) is 0 Å². The molecule has 170 valence electrons. The first kappa shape index (κ1) is 23.6. The SMILES string of the molecule is CCCc1ccc(OCc2ccc(C(=O)NC(CC)c3ccc(C(C)CC)cc3)o2)cc1. The average molecular weight is 434 g/mol. The number of hydrogen-bond donors (Lipinski definition) is 1. The second kappa shape index (κ2) is 11.6. The van der Waals surface area contributed by atoms with Gasteiger partial charge in [0.15, 0.2) is 5.76 Å². The Kier molecular flexibility index (Phi) is 8.55. The third kappa shape index (κ3) is 6.25. The molecule has 0 radical (unpaired) electrons. The molecule has 4 nitrogen and oxygen atoms in total. The summed E-state index contributed by atoms with van der Waals surface area (Å²) < 4.78 is 11.5. The molecule has 0 aliphatic carbocycles. The van der Waals surface area contributed by atoms with E-state index in [0.29, 0.717) is 17.4 Å². The van der Waals surface area contributed by atoms with Gasteiger partial charge in [0.05, 0.1) is 6.04 Å². The molecular formula is C28H35NO3. The van der Waals surface area contributed by atoms with Gasteiger partial charge in [-0.2, -0.15) is 0 Å². The summed E-state index contributed by atoms with van der Waals surface area (Å²) in [6, 6.07) is 20.1. The van der Waals surface area contributed by atoms with Crippen LogP contribution in [0.1, 0.15) is 91.9 Å². The molecule has 1 heterocycles. The third-order valence-electron chi connectivity index (χ3n) is 5.96. The second-order valence-electron chi connectivity index (χ2n) is 8.36. The van der Waals surface area contributed by atoms with E-state index in [-0.39, 0.29) is 18.6 Å². The fraction of sp³-hybridized carbons (Fsp3) is 0.393. The van der Waals surface area contributed by atoms with Crippen molar-refractivity contribution in [3.05, 3.63) is 88.9 Å². The highest BCUT2D eigenvalue weighted by Crippen LogP contribution is 2.23. The van der Waals surface area contributed by atoms with Crippen molar-refractivity contribution in [3.8, 4) is 5.75 Å². The third-order valence-corrected chi connectivity index (χ3v) is 5.96. The number of carbonyl (C=O) groups excluding carboxylic acids is 1. The maximum absolute atomic E-state index is 12.7. The van der Waals surface area contributed by atoms with Gasteiger partial charge in [-0.1, -0.05) is 70.5 Å². The van der Waals surface area contributed by atoms with Crippen molar-refractivity contribution in [3.63, 3.8) is 0 Å². The van der Waals surface area contributed by atoms with Crippen LogP contribution in [0.2, 0.25) is 0 Å². The molecule has 0 aliphatic heterocycles. The lowest BCUT2D eigenvalue weighted by Gasteiger charge is -2.18. The largest absolute Gasteiger partial charge is 0.486 e. The van der Waals surface area contributed by atoms with E-state index < -0.39 is 0 Å². The first-order chi connectivity index (χ1) is 15.5. The molecule has 0 bridgehead atoms. The Morgan fingerprint density at radius 3 is 2.22 bits per heavy atom. The van der Waals surface area contributed by atoms with Crippen LogP contribution in [0.25, 0.3) is 0 Å². The molecule has 1 N–H and O–H groups in total. The van der Waals surface area contributed by atoms with Crippen LogP contribution < -0.4 is 10.1 Å². The Balaban J connectivity index is 1.57. The van der Waals surface area contributed by atoms with Crippen molar-refractivity contribution in [2.75, 3.05) is 0 Å². The van der Waals surface area contributed by atoms with Crippen LogP contribution in [0.15, 0.2) is 65.1 Å². The topological polar surface area (TPSA) is 51.5 Å². The average Bonchev–Trinajstić information content (AvgIpc) is 3.31. The van der Waals surface area contributed by atoms with Gasteiger partial charge in [0.1, 0.15) is 18.1 Å². The predicted molar refractivity (Wildman–Crippen MR) is 129 cm³/mol. The molecule has 0 saturated heterocycles. The molecule has 1 amide bonds. The van der Waals surface area contributed by atoms with Gasteiger partial charge in [0, 0.05) is 0 Å². The lowest BCUT2D eigenvalue weighted by atomic mass is 9.95. The van der Waals surface area contributed by atoms with E-state index in [1.165, 1.54) is 11.1 Å². The highest BCUT2D eigenvalue weighted by Gasteiger charge is 2.17. The van der Waals surface area contributed by atoms with Crippen LogP contribution in [0.5, 0.6) is 5.75 Å². The number of furan rings is 1. The van der Waals surface area contributed by atoms with E-state index in [2.05, 4.69) is 69.4 Å². The van der Waals surface area contributed by atoms with Gasteiger partial charge in [-0.15, -0.1) is 0 Å². The number of ether oxygens (including phenoxy) is 1. The summed E-state index contributed by atoms with van der Waals surface area (Å²) >= 11 is 0. The number of carbonyl (C=O) groups is 1. The van der Waals surface area contributed by atoms with Gasteiger partial charge in [-0.3, -0.25) is 4.79 Å². The highest BCUT2D eigenvalue weighted by atomic mass is 16.5. The maximum Gasteiger partial charge on any atom is 0.287 e. The van der Waals surface area contributed by atoms with Gasteiger partial charge in [0.2, 0.25) is 0 Å². The minimum atomic E-state index is -0.210. The van der Waals surface area contributed by atoms with Crippen LogP contribution >= 0.6 is 0 Å². The van der Waals surface area contributed by atoms with Gasteiger partial charge in [0.25, 0.3) is 5.91 Å². The molecule has 1 aromatic heterocycles. The van der Waals surface area contributed by atoms with Crippen LogP contribution in [-0.2, 0) is 13.0 Å². The van der Waals surface area contributed by atoms with Gasteiger partial charge >= 0.3 is 0 Å². The molecule has 2 aromatic carbocycles. The standard InChI is InChI=1S/C28H35NO3/c1-5-8-21-9-15-24(16-10-21)31-19-25-17-18-27(32-25)28(30)29-26(7-3)23-13-11-22(12-14-23)20(4)6-2/h9-18,20,26H,5-8,19H2,1-4H3,(H,29,30). The van der Waals surface area contributed by atoms with Crippen LogP contribution in [-0.4, -0.2) is 5.91 Å². The minimum absolute atomic E-state index is 0.0556. The lowest BCUT2D eigenvalue weighted by molar-refractivity contribution is 0.0903. The molecule has 3 aromatic rings. The Morgan fingerprint density at radius 1 is 0.906 bits per heavy atom. The van der Waals surface area contributed by atoms with Crippen molar-refractivity contribution >= 4 is 5.91 Å². The van der Waals surface area contributed by atoms with Crippen molar-refractivity contribution in [1.82, 2.24) is 5.32 Å². The van der Waals surface area contributed by atoms with E-state index in [1.807, 2.05) is 12.1 Å². The molecule has 32 heavy (non-hydrogen) atoms. The quantitative estimate of drug-likeness (QED) is 0.348. The monoisotopic (exact) mass is 433 g/mol. The maximum atomic E-state index is 12.7. The summed E-state index contributed by atoms with van der Waals surface area (Å²) in [6.45, 7) is 8.95. The van der Waals surface area contributed by atoms with E-state index in [0.717, 1.165) is 37.0 Å². The van der Waals surface area contributed by atoms with Gasteiger partial charge in [-0.05, 0) is 66.1 Å². The van der Waals surface area contributed by atoms with Crippen molar-refractivity contribution in [1.29, 1.82) is 0 Å². The first-order valence-electron chi connectivity index (χ1n) is 11.7. The summed E-state index contributed by atoms with van der Waals surface area (Å²) in [5.41, 5.74) is 3.74. The summed E-state index contributed by atoms with van der Waals surface area (Å²) in [4.78, 5) is 12.7. The normalized spacial score (nSPS) is 12.9.